The number of rotatable bonds is 11. The number of fused-ring (bicyclic) bond motifs is 2. The van der Waals surface area contributed by atoms with Gasteiger partial charge in [0.2, 0.25) is 0 Å². The molecule has 0 saturated heterocycles. The molecule has 0 radical (unpaired) electrons. The smallest absolute Gasteiger partial charge is 0.333 e. The van der Waals surface area contributed by atoms with Crippen molar-refractivity contribution >= 4 is 5.97 Å². The summed E-state index contributed by atoms with van der Waals surface area (Å²) in [6, 6.07) is 24.2. The summed E-state index contributed by atoms with van der Waals surface area (Å²) in [4.78, 5) is 11.3. The standard InChI is InChI=1S/C28H30O5/c1-2-31-27(28(29)30)19-20-14-16-21(17-15-20)32-18-8-7-9-22-23-10-3-5-12-25(23)33-26-13-6-4-11-24(22)26/h3-6,10-17,22,27H,2,7-9,18-19H2,1H3,(H,29,30). The molecule has 1 aliphatic rings. The molecule has 0 amide bonds. The number of carboxylic acids is 1. The first-order valence-corrected chi connectivity index (χ1v) is 11.6. The number of benzene rings is 3. The molecule has 0 aromatic heterocycles. The van der Waals surface area contributed by atoms with Crippen molar-refractivity contribution in [2.75, 3.05) is 13.2 Å². The Morgan fingerprint density at radius 1 is 0.939 bits per heavy atom. The molecule has 1 aliphatic heterocycles. The van der Waals surface area contributed by atoms with Gasteiger partial charge in [-0.2, -0.15) is 0 Å². The first kappa shape index (κ1) is 22.9. The Morgan fingerprint density at radius 3 is 2.18 bits per heavy atom. The summed E-state index contributed by atoms with van der Waals surface area (Å²) in [5.41, 5.74) is 3.42. The van der Waals surface area contributed by atoms with Crippen molar-refractivity contribution in [3.05, 3.63) is 89.5 Å². The second-order valence-corrected chi connectivity index (χ2v) is 8.20. The number of aliphatic carboxylic acids is 1. The zero-order valence-corrected chi connectivity index (χ0v) is 18.9. The van der Waals surface area contributed by atoms with Crippen LogP contribution in [0, 0.1) is 0 Å². The Morgan fingerprint density at radius 2 is 1.58 bits per heavy atom. The Labute approximate surface area is 194 Å². The number of hydrogen-bond acceptors (Lipinski definition) is 4. The Balaban J connectivity index is 1.27. The highest BCUT2D eigenvalue weighted by Gasteiger charge is 2.26. The predicted octanol–water partition coefficient (Wildman–Crippen LogP) is 6.21. The lowest BCUT2D eigenvalue weighted by atomic mass is 9.84. The van der Waals surface area contributed by atoms with E-state index in [1.54, 1.807) is 6.92 Å². The summed E-state index contributed by atoms with van der Waals surface area (Å²) in [6.45, 7) is 2.82. The maximum Gasteiger partial charge on any atom is 0.333 e. The molecule has 3 aromatic rings. The fourth-order valence-corrected chi connectivity index (χ4v) is 4.31. The van der Waals surface area contributed by atoms with Gasteiger partial charge in [0.15, 0.2) is 6.10 Å². The minimum absolute atomic E-state index is 0.331. The number of unbranched alkanes of at least 4 members (excludes halogenated alkanes) is 1. The maximum absolute atomic E-state index is 11.3. The van der Waals surface area contributed by atoms with E-state index < -0.39 is 12.1 Å². The van der Waals surface area contributed by atoms with E-state index in [0.29, 0.717) is 25.6 Å². The fourth-order valence-electron chi connectivity index (χ4n) is 4.31. The molecule has 5 heteroatoms. The SMILES string of the molecule is CCOC(Cc1ccc(OCCCCC2c3ccccc3Oc3ccccc32)cc1)C(=O)O. The summed E-state index contributed by atoms with van der Waals surface area (Å²) in [5, 5.41) is 9.23. The van der Waals surface area contributed by atoms with Crippen LogP contribution in [0.25, 0.3) is 0 Å². The van der Waals surface area contributed by atoms with Gasteiger partial charge in [0.25, 0.3) is 0 Å². The van der Waals surface area contributed by atoms with E-state index in [1.165, 1.54) is 11.1 Å². The first-order valence-electron chi connectivity index (χ1n) is 11.6. The van der Waals surface area contributed by atoms with Gasteiger partial charge in [-0.15, -0.1) is 0 Å². The van der Waals surface area contributed by atoms with Gasteiger partial charge in [-0.1, -0.05) is 48.5 Å². The van der Waals surface area contributed by atoms with Crippen molar-refractivity contribution in [1.82, 2.24) is 0 Å². The van der Waals surface area contributed by atoms with E-state index in [9.17, 15) is 9.90 Å². The molecule has 0 saturated carbocycles. The minimum atomic E-state index is -0.938. The van der Waals surface area contributed by atoms with Gasteiger partial charge in [-0.05, 0) is 56.0 Å². The number of carboxylic acid groups (broad SMARTS) is 1. The van der Waals surface area contributed by atoms with Crippen molar-refractivity contribution < 1.29 is 24.1 Å². The van der Waals surface area contributed by atoms with Crippen LogP contribution in [-0.4, -0.2) is 30.4 Å². The Kier molecular flexibility index (Phi) is 7.63. The molecule has 1 unspecified atom stereocenters. The molecular formula is C28H30O5. The number of para-hydroxylation sites is 2. The summed E-state index contributed by atoms with van der Waals surface area (Å²) < 4.78 is 17.3. The normalized spacial score (nSPS) is 13.5. The molecule has 0 bridgehead atoms. The molecule has 0 aliphatic carbocycles. The molecule has 3 aromatic carbocycles. The van der Waals surface area contributed by atoms with Crippen LogP contribution in [0.4, 0.5) is 0 Å². The lowest BCUT2D eigenvalue weighted by molar-refractivity contribution is -0.149. The number of carbonyl (C=O) groups is 1. The van der Waals surface area contributed by atoms with Crippen molar-refractivity contribution in [3.8, 4) is 17.2 Å². The molecule has 4 rings (SSSR count). The maximum atomic E-state index is 11.3. The van der Waals surface area contributed by atoms with Gasteiger partial charge in [-0.3, -0.25) is 0 Å². The lowest BCUT2D eigenvalue weighted by Gasteiger charge is -2.28. The van der Waals surface area contributed by atoms with Crippen molar-refractivity contribution in [3.63, 3.8) is 0 Å². The molecule has 1 atom stereocenters. The van der Waals surface area contributed by atoms with Gasteiger partial charge in [0, 0.05) is 30.1 Å². The van der Waals surface area contributed by atoms with Gasteiger partial charge < -0.3 is 19.3 Å². The van der Waals surface area contributed by atoms with Gasteiger partial charge in [0.1, 0.15) is 17.2 Å². The third-order valence-corrected chi connectivity index (χ3v) is 5.95. The van der Waals surface area contributed by atoms with Gasteiger partial charge in [-0.25, -0.2) is 4.79 Å². The summed E-state index contributed by atoms with van der Waals surface area (Å²) in [5.74, 6) is 2.09. The monoisotopic (exact) mass is 446 g/mol. The zero-order valence-electron chi connectivity index (χ0n) is 18.9. The number of ether oxygens (including phenoxy) is 3. The zero-order chi connectivity index (χ0) is 23.0. The van der Waals surface area contributed by atoms with E-state index in [1.807, 2.05) is 48.5 Å². The van der Waals surface area contributed by atoms with Crippen LogP contribution < -0.4 is 9.47 Å². The first-order chi connectivity index (χ1) is 16.2. The van der Waals surface area contributed by atoms with E-state index in [-0.39, 0.29) is 0 Å². The minimum Gasteiger partial charge on any atom is -0.494 e. The summed E-state index contributed by atoms with van der Waals surface area (Å²) in [6.07, 6.45) is 2.56. The van der Waals surface area contributed by atoms with Crippen molar-refractivity contribution in [2.45, 2.75) is 44.6 Å². The third kappa shape index (κ3) is 5.74. The highest BCUT2D eigenvalue weighted by atomic mass is 16.5. The van der Waals surface area contributed by atoms with Gasteiger partial charge >= 0.3 is 5.97 Å². The van der Waals surface area contributed by atoms with Crippen molar-refractivity contribution in [1.29, 1.82) is 0 Å². The lowest BCUT2D eigenvalue weighted by Crippen LogP contribution is -2.26. The molecule has 33 heavy (non-hydrogen) atoms. The predicted molar refractivity (Wildman–Crippen MR) is 127 cm³/mol. The van der Waals surface area contributed by atoms with Crippen LogP contribution in [0.15, 0.2) is 72.8 Å². The molecule has 5 nitrogen and oxygen atoms in total. The number of hydrogen-bond donors (Lipinski definition) is 1. The van der Waals surface area contributed by atoms with Crippen LogP contribution in [0.3, 0.4) is 0 Å². The van der Waals surface area contributed by atoms with Crippen LogP contribution >= 0.6 is 0 Å². The van der Waals surface area contributed by atoms with Crippen molar-refractivity contribution in [2.24, 2.45) is 0 Å². The summed E-state index contributed by atoms with van der Waals surface area (Å²) >= 11 is 0. The quantitative estimate of drug-likeness (QED) is 0.355. The highest BCUT2D eigenvalue weighted by Crippen LogP contribution is 2.45. The Bertz CT molecular complexity index is 1010. The van der Waals surface area contributed by atoms with E-state index in [0.717, 1.165) is 42.1 Å². The van der Waals surface area contributed by atoms with E-state index >= 15 is 0 Å². The molecule has 1 N–H and O–H groups in total. The molecule has 1 heterocycles. The largest absolute Gasteiger partial charge is 0.494 e. The fraction of sp³-hybridized carbons (Fsp3) is 0.321. The Hall–Kier alpha value is -3.31. The molecule has 0 spiro atoms. The van der Waals surface area contributed by atoms with Crippen LogP contribution in [0.2, 0.25) is 0 Å². The van der Waals surface area contributed by atoms with Crippen LogP contribution in [-0.2, 0) is 16.0 Å². The topological polar surface area (TPSA) is 65.0 Å². The average molecular weight is 447 g/mol. The third-order valence-electron chi connectivity index (χ3n) is 5.95. The van der Waals surface area contributed by atoms with Gasteiger partial charge in [0.05, 0.1) is 6.61 Å². The average Bonchev–Trinajstić information content (AvgIpc) is 2.84. The molecule has 172 valence electrons. The molecule has 0 fully saturated rings. The van der Waals surface area contributed by atoms with E-state index in [2.05, 4.69) is 24.3 Å². The summed E-state index contributed by atoms with van der Waals surface area (Å²) in [7, 11) is 0. The van der Waals surface area contributed by atoms with Crippen LogP contribution in [0.1, 0.15) is 48.8 Å². The van der Waals surface area contributed by atoms with Crippen LogP contribution in [0.5, 0.6) is 17.2 Å². The second kappa shape index (κ2) is 11.0. The second-order valence-electron chi connectivity index (χ2n) is 8.20. The molecular weight excluding hydrogens is 416 g/mol. The highest BCUT2D eigenvalue weighted by molar-refractivity contribution is 5.72. The van der Waals surface area contributed by atoms with E-state index in [4.69, 9.17) is 14.2 Å².